The number of aromatic nitrogens is 3. The van der Waals surface area contributed by atoms with Crippen molar-refractivity contribution in [2.45, 2.75) is 129 Å². The van der Waals surface area contributed by atoms with Crippen LogP contribution in [0.15, 0.2) is 36.8 Å². The fraction of sp³-hybridized carbons (Fsp3) is 0.636. The third-order valence-electron chi connectivity index (χ3n) is 7.65. The highest BCUT2D eigenvalue weighted by atomic mass is 16.5. The largest absolute Gasteiger partial charge is 0.426 e. The van der Waals surface area contributed by atoms with Crippen molar-refractivity contribution in [1.82, 2.24) is 20.3 Å². The summed E-state index contributed by atoms with van der Waals surface area (Å²) in [6.45, 7) is 2.93. The van der Waals surface area contributed by atoms with Gasteiger partial charge in [0.1, 0.15) is 5.75 Å². The van der Waals surface area contributed by atoms with E-state index in [9.17, 15) is 4.79 Å². The van der Waals surface area contributed by atoms with E-state index in [0.717, 1.165) is 35.9 Å². The second kappa shape index (κ2) is 19.3. The molecule has 0 unspecified atom stereocenters. The van der Waals surface area contributed by atoms with E-state index in [4.69, 9.17) is 4.74 Å². The molecule has 0 aliphatic rings. The van der Waals surface area contributed by atoms with E-state index in [-0.39, 0.29) is 5.91 Å². The van der Waals surface area contributed by atoms with Gasteiger partial charge in [0.05, 0.1) is 0 Å². The molecule has 0 atom stereocenters. The van der Waals surface area contributed by atoms with E-state index in [2.05, 4.69) is 27.2 Å². The normalized spacial score (nSPS) is 11.3. The molecule has 3 aromatic rings. The molecule has 1 amide bonds. The fourth-order valence-electron chi connectivity index (χ4n) is 5.28. The van der Waals surface area contributed by atoms with Crippen LogP contribution in [-0.4, -0.2) is 27.4 Å². The molecular formula is C33H52N4O2. The zero-order valence-electron chi connectivity index (χ0n) is 24.4. The Kier molecular flexibility index (Phi) is 15.2. The van der Waals surface area contributed by atoms with Gasteiger partial charge in [-0.05, 0) is 36.6 Å². The highest BCUT2D eigenvalue weighted by Crippen LogP contribution is 2.26. The molecule has 0 spiro atoms. The number of benzene rings is 1. The molecule has 0 radical (unpaired) electrons. The second-order valence-electron chi connectivity index (χ2n) is 11.0. The van der Waals surface area contributed by atoms with Gasteiger partial charge in [0, 0.05) is 42.5 Å². The summed E-state index contributed by atoms with van der Waals surface area (Å²) in [5.74, 6) is 0.902. The van der Waals surface area contributed by atoms with Crippen LogP contribution in [0, 0.1) is 0 Å². The van der Waals surface area contributed by atoms with Crippen molar-refractivity contribution in [2.24, 2.45) is 0 Å². The van der Waals surface area contributed by atoms with Gasteiger partial charge in [-0.2, -0.15) is 0 Å². The maximum atomic E-state index is 12.3. The molecule has 3 rings (SSSR count). The molecule has 6 heteroatoms. The predicted molar refractivity (Wildman–Crippen MR) is 162 cm³/mol. The summed E-state index contributed by atoms with van der Waals surface area (Å²) in [6.07, 6.45) is 29.9. The third kappa shape index (κ3) is 12.8. The first-order chi connectivity index (χ1) is 19.3. The van der Waals surface area contributed by atoms with Crippen LogP contribution in [-0.2, 0) is 11.2 Å². The van der Waals surface area contributed by atoms with Crippen LogP contribution in [0.25, 0.3) is 10.9 Å². The minimum Gasteiger partial charge on any atom is -0.426 e. The smallest absolute Gasteiger partial charge is 0.299 e. The number of hydrogen-bond donors (Lipinski definition) is 3. The number of H-pyrrole nitrogens is 2. The number of carbonyl (C=O) groups is 1. The first-order valence-electron chi connectivity index (χ1n) is 15.8. The SMILES string of the molecule is CCCCCCCCCCCCCCCCCCCC(=O)NCCc1c[nH]c2ccc(Oc3ncc[nH]3)cc12. The fourth-order valence-corrected chi connectivity index (χ4v) is 5.28. The zero-order valence-corrected chi connectivity index (χ0v) is 24.4. The van der Waals surface area contributed by atoms with Crippen LogP contribution in [0.1, 0.15) is 128 Å². The lowest BCUT2D eigenvalue weighted by atomic mass is 10.0. The van der Waals surface area contributed by atoms with Gasteiger partial charge in [-0.25, -0.2) is 4.98 Å². The number of aromatic amines is 2. The Morgan fingerprint density at radius 2 is 1.44 bits per heavy atom. The average Bonchev–Trinajstić information content (AvgIpc) is 3.60. The zero-order chi connectivity index (χ0) is 27.4. The number of fused-ring (bicyclic) bond motifs is 1. The topological polar surface area (TPSA) is 82.8 Å². The molecular weight excluding hydrogens is 484 g/mol. The quantitative estimate of drug-likeness (QED) is 0.106. The molecule has 2 aromatic heterocycles. The lowest BCUT2D eigenvalue weighted by Gasteiger charge is -2.06. The number of amides is 1. The number of rotatable bonds is 23. The molecule has 39 heavy (non-hydrogen) atoms. The number of imidazole rings is 1. The highest BCUT2D eigenvalue weighted by Gasteiger charge is 2.08. The second-order valence-corrected chi connectivity index (χ2v) is 11.0. The number of hydrogen-bond acceptors (Lipinski definition) is 3. The molecule has 0 saturated carbocycles. The van der Waals surface area contributed by atoms with Crippen LogP contribution < -0.4 is 10.1 Å². The van der Waals surface area contributed by atoms with Crippen molar-refractivity contribution in [3.63, 3.8) is 0 Å². The standard InChI is InChI=1S/C33H52N4O2/c1-2-3-4-5-6-7-8-9-10-11-12-13-14-15-16-17-18-19-32(38)34-23-22-28-27-37-31-21-20-29(26-30(28)31)39-33-35-24-25-36-33/h20-21,24-27,37H,2-19,22-23H2,1H3,(H,34,38)(H,35,36). The summed E-state index contributed by atoms with van der Waals surface area (Å²) in [4.78, 5) is 22.6. The minimum atomic E-state index is 0.164. The van der Waals surface area contributed by atoms with E-state index >= 15 is 0 Å². The van der Waals surface area contributed by atoms with Gasteiger partial charge in [-0.3, -0.25) is 4.79 Å². The Morgan fingerprint density at radius 3 is 2.03 bits per heavy atom. The van der Waals surface area contributed by atoms with E-state index in [1.165, 1.54) is 102 Å². The molecule has 2 heterocycles. The van der Waals surface area contributed by atoms with Crippen molar-refractivity contribution in [3.8, 4) is 11.8 Å². The summed E-state index contributed by atoms with van der Waals surface area (Å²) in [5.41, 5.74) is 2.24. The number of ether oxygens (including phenoxy) is 1. The van der Waals surface area contributed by atoms with Crippen molar-refractivity contribution in [2.75, 3.05) is 6.54 Å². The Morgan fingerprint density at radius 1 is 0.821 bits per heavy atom. The maximum Gasteiger partial charge on any atom is 0.299 e. The molecule has 1 aromatic carbocycles. The number of nitrogens with one attached hydrogen (secondary N) is 3. The van der Waals surface area contributed by atoms with Gasteiger partial charge in [-0.1, -0.05) is 110 Å². The first kappa shape index (κ1) is 30.8. The van der Waals surface area contributed by atoms with E-state index in [1.807, 2.05) is 24.4 Å². The van der Waals surface area contributed by atoms with E-state index in [0.29, 0.717) is 19.0 Å². The van der Waals surface area contributed by atoms with Gasteiger partial charge in [0.25, 0.3) is 6.01 Å². The summed E-state index contributed by atoms with van der Waals surface area (Å²) < 4.78 is 5.77. The first-order valence-corrected chi connectivity index (χ1v) is 15.8. The summed E-state index contributed by atoms with van der Waals surface area (Å²) >= 11 is 0. The van der Waals surface area contributed by atoms with Gasteiger partial charge < -0.3 is 20.0 Å². The number of nitrogens with zero attached hydrogens (tertiary/aromatic N) is 1. The van der Waals surface area contributed by atoms with E-state index < -0.39 is 0 Å². The Hall–Kier alpha value is -2.76. The molecule has 0 saturated heterocycles. The lowest BCUT2D eigenvalue weighted by molar-refractivity contribution is -0.121. The number of carbonyl (C=O) groups excluding carboxylic acids is 1. The van der Waals surface area contributed by atoms with Gasteiger partial charge in [0.15, 0.2) is 0 Å². The van der Waals surface area contributed by atoms with E-state index in [1.54, 1.807) is 12.4 Å². The van der Waals surface area contributed by atoms with Crippen LogP contribution in [0.5, 0.6) is 11.8 Å². The lowest BCUT2D eigenvalue weighted by Crippen LogP contribution is -2.25. The molecule has 216 valence electrons. The summed E-state index contributed by atoms with van der Waals surface area (Å²) in [5, 5.41) is 4.20. The molecule has 3 N–H and O–H groups in total. The Bertz CT molecular complexity index is 1030. The molecule has 0 fully saturated rings. The Balaban J connectivity index is 1.13. The van der Waals surface area contributed by atoms with Crippen molar-refractivity contribution in [3.05, 3.63) is 42.4 Å². The average molecular weight is 537 g/mol. The van der Waals surface area contributed by atoms with Gasteiger partial charge in [0.2, 0.25) is 5.91 Å². The maximum absolute atomic E-state index is 12.3. The number of unbranched alkanes of at least 4 members (excludes halogenated alkanes) is 16. The van der Waals surface area contributed by atoms with Crippen LogP contribution in [0.4, 0.5) is 0 Å². The summed E-state index contributed by atoms with van der Waals surface area (Å²) in [7, 11) is 0. The monoisotopic (exact) mass is 536 g/mol. The molecule has 0 aliphatic carbocycles. The van der Waals surface area contributed by atoms with Crippen LogP contribution >= 0.6 is 0 Å². The Labute approximate surface area is 236 Å². The van der Waals surface area contributed by atoms with Crippen LogP contribution in [0.2, 0.25) is 0 Å². The van der Waals surface area contributed by atoms with Crippen LogP contribution in [0.3, 0.4) is 0 Å². The summed E-state index contributed by atoms with van der Waals surface area (Å²) in [6, 6.07) is 6.42. The van der Waals surface area contributed by atoms with Gasteiger partial charge >= 0.3 is 0 Å². The molecule has 6 nitrogen and oxygen atoms in total. The van der Waals surface area contributed by atoms with Crippen molar-refractivity contribution >= 4 is 16.8 Å². The predicted octanol–water partition coefficient (Wildman–Crippen LogP) is 9.38. The van der Waals surface area contributed by atoms with Gasteiger partial charge in [-0.15, -0.1) is 0 Å². The van der Waals surface area contributed by atoms with Crippen molar-refractivity contribution < 1.29 is 9.53 Å². The highest BCUT2D eigenvalue weighted by molar-refractivity contribution is 5.84. The molecule has 0 aliphatic heterocycles. The minimum absolute atomic E-state index is 0.164. The van der Waals surface area contributed by atoms with Crippen molar-refractivity contribution in [1.29, 1.82) is 0 Å². The third-order valence-corrected chi connectivity index (χ3v) is 7.65. The molecule has 0 bridgehead atoms.